The first kappa shape index (κ1) is 15.4. The van der Waals surface area contributed by atoms with Gasteiger partial charge in [0.1, 0.15) is 6.61 Å². The molecule has 3 atom stereocenters. The van der Waals surface area contributed by atoms with Gasteiger partial charge in [0.05, 0.1) is 12.0 Å². The quantitative estimate of drug-likeness (QED) is 0.605. The third kappa shape index (κ3) is 4.48. The largest absolute Gasteiger partial charge is 0.461 e. The number of aliphatic hydroxyl groups is 1. The predicted octanol–water partition coefficient (Wildman–Crippen LogP) is 2.06. The number of hydrogen-bond donors (Lipinski definition) is 1. The highest BCUT2D eigenvalue weighted by molar-refractivity contribution is 5.73. The molecule has 1 N–H and O–H groups in total. The summed E-state index contributed by atoms with van der Waals surface area (Å²) in [4.78, 5) is 16.0. The van der Waals surface area contributed by atoms with Crippen LogP contribution in [0.3, 0.4) is 0 Å². The van der Waals surface area contributed by atoms with Gasteiger partial charge in [-0.1, -0.05) is 37.3 Å². The van der Waals surface area contributed by atoms with Crippen LogP contribution >= 0.6 is 0 Å². The summed E-state index contributed by atoms with van der Waals surface area (Å²) in [5.74, 6) is -1.01. The molecular formula is C15H21NO3. The molecule has 0 saturated heterocycles. The van der Waals surface area contributed by atoms with E-state index in [2.05, 4.69) is 11.7 Å². The van der Waals surface area contributed by atoms with Crippen LogP contribution in [0.5, 0.6) is 0 Å². The maximum Gasteiger partial charge on any atom is 0.311 e. The molecule has 1 aromatic rings. The van der Waals surface area contributed by atoms with Gasteiger partial charge < -0.3 is 9.84 Å². The molecule has 0 bridgehead atoms. The highest BCUT2D eigenvalue weighted by Gasteiger charge is 2.31. The number of rotatable bonds is 7. The summed E-state index contributed by atoms with van der Waals surface area (Å²) in [6, 6.07) is 9.21. The molecule has 0 radical (unpaired) electrons. The Morgan fingerprint density at radius 2 is 2.00 bits per heavy atom. The minimum absolute atomic E-state index is 0.0784. The average Bonchev–Trinajstić information content (AvgIpc) is 2.45. The molecule has 1 rings (SSSR count). The summed E-state index contributed by atoms with van der Waals surface area (Å²) in [7, 11) is 0. The lowest BCUT2D eigenvalue weighted by molar-refractivity contribution is -0.153. The van der Waals surface area contributed by atoms with Crippen molar-refractivity contribution < 1.29 is 14.6 Å². The van der Waals surface area contributed by atoms with Crippen molar-refractivity contribution in [3.8, 4) is 0 Å². The first-order valence-electron chi connectivity index (χ1n) is 6.37. The number of carbonyl (C=O) groups is 1. The van der Waals surface area contributed by atoms with Gasteiger partial charge in [-0.25, -0.2) is 0 Å². The van der Waals surface area contributed by atoms with E-state index in [1.165, 1.54) is 0 Å². The number of carbonyl (C=O) groups excluding carboxylic acids is 1. The third-order valence-electron chi connectivity index (χ3n) is 3.20. The Morgan fingerprint density at radius 3 is 2.53 bits per heavy atom. The van der Waals surface area contributed by atoms with E-state index in [0.717, 1.165) is 5.56 Å². The van der Waals surface area contributed by atoms with Crippen molar-refractivity contribution in [2.75, 3.05) is 6.61 Å². The Balaban J connectivity index is 2.64. The van der Waals surface area contributed by atoms with Gasteiger partial charge in [-0.15, -0.1) is 0 Å². The third-order valence-corrected chi connectivity index (χ3v) is 3.20. The Kier molecular flexibility index (Phi) is 6.22. The minimum atomic E-state index is -0.466. The molecule has 0 heterocycles. The highest BCUT2D eigenvalue weighted by Crippen LogP contribution is 2.20. The van der Waals surface area contributed by atoms with Crippen molar-refractivity contribution in [3.05, 3.63) is 35.9 Å². The van der Waals surface area contributed by atoms with Gasteiger partial charge in [-0.3, -0.25) is 9.79 Å². The average molecular weight is 263 g/mol. The standard InChI is InChI=1S/C15H21NO3/c1-11(9-17)14(12(2)16-3)15(18)19-10-13-7-5-4-6-8-13/h4-8,11-12,14,17H,3,9-10H2,1-2H3. The van der Waals surface area contributed by atoms with Crippen molar-refractivity contribution in [1.29, 1.82) is 0 Å². The van der Waals surface area contributed by atoms with Gasteiger partial charge in [0, 0.05) is 6.61 Å². The number of aliphatic hydroxyl groups excluding tert-OH is 1. The zero-order valence-corrected chi connectivity index (χ0v) is 11.5. The number of nitrogens with zero attached hydrogens (tertiary/aromatic N) is 1. The Morgan fingerprint density at radius 1 is 1.37 bits per heavy atom. The second-order valence-corrected chi connectivity index (χ2v) is 4.70. The molecule has 0 aromatic heterocycles. The smallest absolute Gasteiger partial charge is 0.311 e. The van der Waals surface area contributed by atoms with Gasteiger partial charge in [-0.2, -0.15) is 0 Å². The van der Waals surface area contributed by atoms with Crippen LogP contribution in [0.4, 0.5) is 0 Å². The topological polar surface area (TPSA) is 58.9 Å². The van der Waals surface area contributed by atoms with Crippen LogP contribution in [0.15, 0.2) is 35.3 Å². The maximum absolute atomic E-state index is 12.1. The van der Waals surface area contributed by atoms with Crippen molar-refractivity contribution in [2.24, 2.45) is 16.8 Å². The Hall–Kier alpha value is -1.68. The number of ether oxygens (including phenoxy) is 1. The van der Waals surface area contributed by atoms with Crippen molar-refractivity contribution in [1.82, 2.24) is 0 Å². The molecule has 0 amide bonds. The van der Waals surface area contributed by atoms with Crippen molar-refractivity contribution in [3.63, 3.8) is 0 Å². The molecule has 4 heteroatoms. The van der Waals surface area contributed by atoms with Crippen LogP contribution in [0, 0.1) is 11.8 Å². The monoisotopic (exact) mass is 263 g/mol. The molecule has 0 fully saturated rings. The number of benzene rings is 1. The van der Waals surface area contributed by atoms with Gasteiger partial charge in [0.15, 0.2) is 0 Å². The summed E-state index contributed by atoms with van der Waals surface area (Å²) >= 11 is 0. The van der Waals surface area contributed by atoms with E-state index >= 15 is 0 Å². The number of esters is 1. The van der Waals surface area contributed by atoms with Crippen LogP contribution in [-0.4, -0.2) is 30.4 Å². The van der Waals surface area contributed by atoms with Crippen LogP contribution in [-0.2, 0) is 16.1 Å². The zero-order valence-electron chi connectivity index (χ0n) is 11.5. The fourth-order valence-corrected chi connectivity index (χ4v) is 1.96. The number of aliphatic imine (C=N–C) groups is 1. The van der Waals surface area contributed by atoms with E-state index in [-0.39, 0.29) is 31.1 Å². The Labute approximate surface area is 114 Å². The van der Waals surface area contributed by atoms with E-state index in [9.17, 15) is 9.90 Å². The highest BCUT2D eigenvalue weighted by atomic mass is 16.5. The van der Waals surface area contributed by atoms with Gasteiger partial charge in [0.2, 0.25) is 0 Å². The summed E-state index contributed by atoms with van der Waals surface area (Å²) in [6.07, 6.45) is 0. The van der Waals surface area contributed by atoms with Crippen LogP contribution in [0.2, 0.25) is 0 Å². The van der Waals surface area contributed by atoms with E-state index in [1.54, 1.807) is 13.8 Å². The summed E-state index contributed by atoms with van der Waals surface area (Å²) in [5, 5.41) is 9.21. The van der Waals surface area contributed by atoms with Crippen LogP contribution < -0.4 is 0 Å². The first-order chi connectivity index (χ1) is 9.10. The number of hydrogen-bond acceptors (Lipinski definition) is 4. The first-order valence-corrected chi connectivity index (χ1v) is 6.37. The lowest BCUT2D eigenvalue weighted by atomic mass is 9.89. The van der Waals surface area contributed by atoms with Gasteiger partial charge in [0.25, 0.3) is 0 Å². The van der Waals surface area contributed by atoms with Gasteiger partial charge >= 0.3 is 5.97 Å². The SMILES string of the molecule is C=NC(C)C(C(=O)OCc1ccccc1)C(C)CO. The van der Waals surface area contributed by atoms with E-state index in [0.29, 0.717) is 0 Å². The molecule has 3 unspecified atom stereocenters. The molecule has 0 aliphatic carbocycles. The molecule has 4 nitrogen and oxygen atoms in total. The molecule has 19 heavy (non-hydrogen) atoms. The normalized spacial score (nSPS) is 15.3. The lowest BCUT2D eigenvalue weighted by Gasteiger charge is -2.24. The van der Waals surface area contributed by atoms with E-state index in [1.807, 2.05) is 30.3 Å². The minimum Gasteiger partial charge on any atom is -0.461 e. The van der Waals surface area contributed by atoms with Gasteiger partial charge in [-0.05, 0) is 25.1 Å². The second kappa shape index (κ2) is 7.69. The van der Waals surface area contributed by atoms with E-state index < -0.39 is 5.92 Å². The summed E-state index contributed by atoms with van der Waals surface area (Å²) < 4.78 is 5.30. The molecule has 0 spiro atoms. The molecule has 0 aliphatic heterocycles. The summed E-state index contributed by atoms with van der Waals surface area (Å²) in [5.41, 5.74) is 0.936. The lowest BCUT2D eigenvalue weighted by Crippen LogP contribution is -2.34. The summed E-state index contributed by atoms with van der Waals surface area (Å²) in [6.45, 7) is 7.22. The Bertz CT molecular complexity index is 405. The predicted molar refractivity (Wildman–Crippen MR) is 75.0 cm³/mol. The molecule has 0 aliphatic rings. The van der Waals surface area contributed by atoms with Crippen LogP contribution in [0.25, 0.3) is 0 Å². The van der Waals surface area contributed by atoms with Crippen molar-refractivity contribution in [2.45, 2.75) is 26.5 Å². The molecule has 1 aromatic carbocycles. The fourth-order valence-electron chi connectivity index (χ4n) is 1.96. The maximum atomic E-state index is 12.1. The molecular weight excluding hydrogens is 242 g/mol. The van der Waals surface area contributed by atoms with Crippen molar-refractivity contribution >= 4 is 12.7 Å². The zero-order chi connectivity index (χ0) is 14.3. The molecule has 0 saturated carbocycles. The fraction of sp³-hybridized carbons (Fsp3) is 0.467. The van der Waals surface area contributed by atoms with E-state index in [4.69, 9.17) is 4.74 Å². The second-order valence-electron chi connectivity index (χ2n) is 4.70. The van der Waals surface area contributed by atoms with Crippen LogP contribution in [0.1, 0.15) is 19.4 Å². The molecule has 104 valence electrons.